The van der Waals surface area contributed by atoms with Crippen LogP contribution in [0.2, 0.25) is 0 Å². The van der Waals surface area contributed by atoms with E-state index in [4.69, 9.17) is 4.74 Å². The van der Waals surface area contributed by atoms with Crippen molar-refractivity contribution in [3.63, 3.8) is 0 Å². The molecule has 0 aromatic heterocycles. The van der Waals surface area contributed by atoms with Gasteiger partial charge in [-0.25, -0.2) is 4.79 Å². The Labute approximate surface area is 133 Å². The van der Waals surface area contributed by atoms with E-state index in [0.29, 0.717) is 6.54 Å². The van der Waals surface area contributed by atoms with Crippen molar-refractivity contribution in [2.45, 2.75) is 65.6 Å². The van der Waals surface area contributed by atoms with Gasteiger partial charge in [0.15, 0.2) is 0 Å². The van der Waals surface area contributed by atoms with E-state index in [1.807, 2.05) is 20.8 Å². The molecule has 0 atom stereocenters. The molecule has 122 valence electrons. The Hall–Kier alpha value is -1.55. The Bertz CT molecular complexity index is 553. The zero-order chi connectivity index (χ0) is 16.5. The summed E-state index contributed by atoms with van der Waals surface area (Å²) < 4.78 is 5.55. The molecule has 1 aliphatic rings. The van der Waals surface area contributed by atoms with Gasteiger partial charge in [0.25, 0.3) is 0 Å². The van der Waals surface area contributed by atoms with Crippen molar-refractivity contribution in [2.75, 3.05) is 11.4 Å². The van der Waals surface area contributed by atoms with E-state index in [-0.39, 0.29) is 11.6 Å². The molecule has 1 aromatic rings. The second-order valence-electron chi connectivity index (χ2n) is 7.91. The molecule has 1 aliphatic heterocycles. The number of ether oxygens (including phenoxy) is 1. The number of para-hydroxylation sites is 1. The lowest BCUT2D eigenvalue weighted by Crippen LogP contribution is -2.38. The van der Waals surface area contributed by atoms with Crippen molar-refractivity contribution in [1.29, 1.82) is 0 Å². The number of nitrogens with zero attached hydrogens (tertiary/aromatic N) is 1. The lowest BCUT2D eigenvalue weighted by molar-refractivity contribution is 0.0583. The van der Waals surface area contributed by atoms with Gasteiger partial charge in [-0.15, -0.1) is 0 Å². The van der Waals surface area contributed by atoms with Crippen LogP contribution >= 0.6 is 0 Å². The Morgan fingerprint density at radius 1 is 1.23 bits per heavy atom. The normalized spacial score (nSPS) is 14.9. The number of nitrogens with one attached hydrogen (secondary N) is 1. The van der Waals surface area contributed by atoms with Gasteiger partial charge in [-0.05, 0) is 59.1 Å². The smallest absolute Gasteiger partial charge is 0.414 e. The highest BCUT2D eigenvalue weighted by Crippen LogP contribution is 2.33. The fraction of sp³-hybridized carbons (Fsp3) is 0.611. The molecule has 1 heterocycles. The minimum absolute atomic E-state index is 0.0398. The van der Waals surface area contributed by atoms with Gasteiger partial charge in [0.1, 0.15) is 5.60 Å². The zero-order valence-corrected chi connectivity index (χ0v) is 14.6. The van der Waals surface area contributed by atoms with Crippen molar-refractivity contribution >= 4 is 11.8 Å². The molecule has 0 aliphatic carbocycles. The van der Waals surface area contributed by atoms with E-state index in [0.717, 1.165) is 24.2 Å². The summed E-state index contributed by atoms with van der Waals surface area (Å²) in [7, 11) is 0. The lowest BCUT2D eigenvalue weighted by Gasteiger charge is -2.27. The molecule has 2 rings (SSSR count). The predicted molar refractivity (Wildman–Crippen MR) is 90.3 cm³/mol. The van der Waals surface area contributed by atoms with Crippen molar-refractivity contribution in [1.82, 2.24) is 5.32 Å². The maximum atomic E-state index is 12.5. The minimum Gasteiger partial charge on any atom is -0.443 e. The van der Waals surface area contributed by atoms with Gasteiger partial charge in [0.05, 0.1) is 5.69 Å². The molecule has 0 saturated carbocycles. The summed E-state index contributed by atoms with van der Waals surface area (Å²) in [6.45, 7) is 13.5. The Morgan fingerprint density at radius 2 is 1.91 bits per heavy atom. The summed E-state index contributed by atoms with van der Waals surface area (Å²) in [4.78, 5) is 14.2. The number of rotatable bonds is 2. The molecular formula is C18H28N2O2. The molecule has 0 spiro atoms. The zero-order valence-electron chi connectivity index (χ0n) is 14.6. The van der Waals surface area contributed by atoms with Gasteiger partial charge < -0.3 is 10.1 Å². The largest absolute Gasteiger partial charge is 0.443 e. The highest BCUT2D eigenvalue weighted by molar-refractivity contribution is 5.91. The number of hydrogen-bond donors (Lipinski definition) is 1. The number of anilines is 1. The van der Waals surface area contributed by atoms with E-state index in [9.17, 15) is 4.79 Å². The summed E-state index contributed by atoms with van der Waals surface area (Å²) in [6, 6.07) is 6.25. The summed E-state index contributed by atoms with van der Waals surface area (Å²) >= 11 is 0. The number of benzene rings is 1. The quantitative estimate of drug-likeness (QED) is 0.901. The first-order valence-electron chi connectivity index (χ1n) is 7.93. The fourth-order valence-corrected chi connectivity index (χ4v) is 2.54. The van der Waals surface area contributed by atoms with Gasteiger partial charge in [-0.2, -0.15) is 0 Å². The van der Waals surface area contributed by atoms with E-state index in [1.165, 1.54) is 5.56 Å². The highest BCUT2D eigenvalue weighted by Gasteiger charge is 2.30. The van der Waals surface area contributed by atoms with Crippen LogP contribution in [0.1, 0.15) is 52.7 Å². The molecule has 22 heavy (non-hydrogen) atoms. The molecule has 0 radical (unpaired) electrons. The van der Waals surface area contributed by atoms with E-state index in [2.05, 4.69) is 44.3 Å². The molecule has 1 N–H and O–H groups in total. The second-order valence-corrected chi connectivity index (χ2v) is 7.91. The van der Waals surface area contributed by atoms with E-state index >= 15 is 0 Å². The minimum atomic E-state index is -0.474. The number of carbonyl (C=O) groups is 1. The molecule has 0 unspecified atom stereocenters. The van der Waals surface area contributed by atoms with Crippen molar-refractivity contribution in [3.05, 3.63) is 29.3 Å². The number of amides is 1. The lowest BCUT2D eigenvalue weighted by atomic mass is 10.0. The molecule has 4 heteroatoms. The molecule has 0 fully saturated rings. The maximum Gasteiger partial charge on any atom is 0.414 e. The van der Waals surface area contributed by atoms with Crippen molar-refractivity contribution in [3.8, 4) is 0 Å². The van der Waals surface area contributed by atoms with Crippen LogP contribution in [0.5, 0.6) is 0 Å². The average molecular weight is 304 g/mol. The highest BCUT2D eigenvalue weighted by atomic mass is 16.6. The monoisotopic (exact) mass is 304 g/mol. The standard InChI is InChI=1S/C18H28N2O2/c1-17(2,3)19-12-14-9-7-8-13-10-11-20(15(13)14)16(21)22-18(4,5)6/h7-9,19H,10-12H2,1-6H3. The third-order valence-electron chi connectivity index (χ3n) is 3.50. The van der Waals surface area contributed by atoms with Gasteiger partial charge in [-0.1, -0.05) is 18.2 Å². The third-order valence-corrected chi connectivity index (χ3v) is 3.50. The summed E-state index contributed by atoms with van der Waals surface area (Å²) in [5.41, 5.74) is 2.96. The number of fused-ring (bicyclic) bond motifs is 1. The number of carbonyl (C=O) groups excluding carboxylic acids is 1. The molecule has 0 saturated heterocycles. The summed E-state index contributed by atoms with van der Waals surface area (Å²) in [6.07, 6.45) is 0.632. The van der Waals surface area contributed by atoms with Crippen LogP contribution in [0.15, 0.2) is 18.2 Å². The molecule has 4 nitrogen and oxygen atoms in total. The Kier molecular flexibility index (Phi) is 4.52. The van der Waals surface area contributed by atoms with Crippen LogP contribution in [0.3, 0.4) is 0 Å². The molecule has 1 amide bonds. The predicted octanol–water partition coefficient (Wildman–Crippen LogP) is 3.87. The van der Waals surface area contributed by atoms with Crippen LogP contribution in [-0.4, -0.2) is 23.8 Å². The van der Waals surface area contributed by atoms with Gasteiger partial charge in [-0.3, -0.25) is 4.90 Å². The first-order chi connectivity index (χ1) is 10.1. The topological polar surface area (TPSA) is 41.6 Å². The van der Waals surface area contributed by atoms with Crippen molar-refractivity contribution < 1.29 is 9.53 Å². The molecular weight excluding hydrogens is 276 g/mol. The van der Waals surface area contributed by atoms with Crippen LogP contribution in [-0.2, 0) is 17.7 Å². The average Bonchev–Trinajstić information content (AvgIpc) is 2.77. The van der Waals surface area contributed by atoms with Crippen LogP contribution in [0.4, 0.5) is 10.5 Å². The van der Waals surface area contributed by atoms with Gasteiger partial charge in [0.2, 0.25) is 0 Å². The first kappa shape index (κ1) is 16.8. The SMILES string of the molecule is CC(C)(C)NCc1cccc2c1N(C(=O)OC(C)(C)C)CC2. The van der Waals surface area contributed by atoms with E-state index < -0.39 is 5.60 Å². The first-order valence-corrected chi connectivity index (χ1v) is 7.93. The fourth-order valence-electron chi connectivity index (χ4n) is 2.54. The maximum absolute atomic E-state index is 12.5. The second kappa shape index (κ2) is 5.92. The summed E-state index contributed by atoms with van der Waals surface area (Å²) in [5, 5.41) is 3.50. The van der Waals surface area contributed by atoms with Crippen LogP contribution in [0.25, 0.3) is 0 Å². The van der Waals surface area contributed by atoms with Crippen molar-refractivity contribution in [2.24, 2.45) is 0 Å². The number of hydrogen-bond acceptors (Lipinski definition) is 3. The molecule has 0 bridgehead atoms. The van der Waals surface area contributed by atoms with Crippen LogP contribution < -0.4 is 10.2 Å². The van der Waals surface area contributed by atoms with E-state index in [1.54, 1.807) is 4.90 Å². The Balaban J connectivity index is 2.23. The molecule has 1 aromatic carbocycles. The van der Waals surface area contributed by atoms with Crippen LogP contribution in [0, 0.1) is 0 Å². The van der Waals surface area contributed by atoms with Gasteiger partial charge >= 0.3 is 6.09 Å². The van der Waals surface area contributed by atoms with Gasteiger partial charge in [0, 0.05) is 18.6 Å². The Morgan fingerprint density at radius 3 is 2.50 bits per heavy atom. The third kappa shape index (κ3) is 4.23. The summed E-state index contributed by atoms with van der Waals surface area (Å²) in [5.74, 6) is 0.